The highest BCUT2D eigenvalue weighted by atomic mass is 127. The molecule has 1 nitrogen and oxygen atoms in total. The summed E-state index contributed by atoms with van der Waals surface area (Å²) in [5.41, 5.74) is 3.26. The highest BCUT2D eigenvalue weighted by Crippen LogP contribution is 2.48. The quantitative estimate of drug-likeness (QED) is 0.131. The Labute approximate surface area is 234 Å². The Balaban J connectivity index is 0.00000432. The number of rotatable bonds is 17. The third-order valence-electron chi connectivity index (χ3n) is 8.65. The first-order valence-electron chi connectivity index (χ1n) is 14.9. The van der Waals surface area contributed by atoms with E-state index in [0.29, 0.717) is 6.04 Å². The molecule has 1 heterocycles. The van der Waals surface area contributed by atoms with E-state index in [1.165, 1.54) is 131 Å². The Morgan fingerprint density at radius 3 is 1.69 bits per heavy atom. The lowest BCUT2D eigenvalue weighted by molar-refractivity contribution is 0.436. The average molecular weight is 592 g/mol. The molecule has 0 radical (unpaired) electrons. The van der Waals surface area contributed by atoms with E-state index < -0.39 is 0 Å². The second kappa shape index (κ2) is 16.2. The van der Waals surface area contributed by atoms with Crippen LogP contribution in [0.1, 0.15) is 136 Å². The van der Waals surface area contributed by atoms with E-state index in [0.717, 1.165) is 0 Å². The second-order valence-electron chi connectivity index (χ2n) is 11.6. The summed E-state index contributed by atoms with van der Waals surface area (Å²) >= 11 is 0. The maximum Gasteiger partial charge on any atom is 0.0487 e. The molecule has 1 unspecified atom stereocenters. The van der Waals surface area contributed by atoms with Crippen molar-refractivity contribution < 1.29 is 0 Å². The fourth-order valence-corrected chi connectivity index (χ4v) is 6.03. The van der Waals surface area contributed by atoms with Crippen molar-refractivity contribution in [2.24, 2.45) is 0 Å². The molecule has 1 aliphatic rings. The summed E-state index contributed by atoms with van der Waals surface area (Å²) in [4.78, 5) is 2.72. The van der Waals surface area contributed by atoms with Gasteiger partial charge < -0.3 is 4.90 Å². The van der Waals surface area contributed by atoms with Gasteiger partial charge in [0.05, 0.1) is 0 Å². The minimum absolute atomic E-state index is 0. The zero-order valence-electron chi connectivity index (χ0n) is 23.4. The maximum absolute atomic E-state index is 2.72. The lowest BCUT2D eigenvalue weighted by Gasteiger charge is -2.31. The highest BCUT2D eigenvalue weighted by molar-refractivity contribution is 14.0. The van der Waals surface area contributed by atoms with Gasteiger partial charge in [0.15, 0.2) is 0 Å². The summed E-state index contributed by atoms with van der Waals surface area (Å²) < 4.78 is 0. The van der Waals surface area contributed by atoms with Gasteiger partial charge in [0, 0.05) is 29.1 Å². The van der Waals surface area contributed by atoms with Crippen LogP contribution in [0.5, 0.6) is 0 Å². The van der Waals surface area contributed by atoms with E-state index >= 15 is 0 Å². The summed E-state index contributed by atoms with van der Waals surface area (Å²) in [6, 6.07) is 14.2. The van der Waals surface area contributed by atoms with Crippen molar-refractivity contribution in [2.45, 2.75) is 142 Å². The van der Waals surface area contributed by atoms with Crippen LogP contribution in [-0.2, 0) is 5.41 Å². The molecule has 198 valence electrons. The van der Waals surface area contributed by atoms with Crippen molar-refractivity contribution in [1.82, 2.24) is 0 Å². The minimum atomic E-state index is 0. The van der Waals surface area contributed by atoms with Crippen molar-refractivity contribution in [3.05, 3.63) is 42.0 Å². The van der Waals surface area contributed by atoms with Gasteiger partial charge in [0.2, 0.25) is 0 Å². The number of benzene rings is 2. The third kappa shape index (κ3) is 8.64. The van der Waals surface area contributed by atoms with Gasteiger partial charge >= 0.3 is 0 Å². The van der Waals surface area contributed by atoms with Gasteiger partial charge in [-0.25, -0.2) is 0 Å². The van der Waals surface area contributed by atoms with E-state index in [1.54, 1.807) is 0 Å². The predicted octanol–water partition coefficient (Wildman–Crippen LogP) is 11.2. The number of hydrogen-bond acceptors (Lipinski definition) is 1. The van der Waals surface area contributed by atoms with Gasteiger partial charge in [0.1, 0.15) is 0 Å². The Hall–Kier alpha value is -0.770. The molecule has 35 heavy (non-hydrogen) atoms. The Morgan fingerprint density at radius 2 is 1.14 bits per heavy atom. The summed E-state index contributed by atoms with van der Waals surface area (Å²) in [5.74, 6) is 0. The molecule has 0 amide bonds. The maximum atomic E-state index is 2.72. The first-order chi connectivity index (χ1) is 16.6. The van der Waals surface area contributed by atoms with Crippen molar-refractivity contribution >= 4 is 40.4 Å². The number of unbranched alkanes of at least 4 members (excludes halogenated alkanes) is 15. The number of nitrogens with zero attached hydrogens (tertiary/aromatic N) is 1. The third-order valence-corrected chi connectivity index (χ3v) is 8.65. The fraction of sp³-hybridized carbons (Fsp3) is 0.697. The molecule has 2 aromatic carbocycles. The van der Waals surface area contributed by atoms with Gasteiger partial charge in [-0.1, -0.05) is 153 Å². The standard InChI is InChI=1S/C33H53N.HI/c1-5-6-7-8-9-10-11-12-13-14-15-16-17-18-19-22-27-34-28(2)33(3,4)31-26-25-29-23-20-21-24-30(29)32(31)34;/h20-21,23-26,28H,5-19,22,27H2,1-4H3;1H. The molecule has 3 rings (SSSR count). The summed E-state index contributed by atoms with van der Waals surface area (Å²) in [7, 11) is 0. The van der Waals surface area contributed by atoms with Gasteiger partial charge in [-0.15, -0.1) is 24.0 Å². The largest absolute Gasteiger partial charge is 0.367 e. The van der Waals surface area contributed by atoms with Crippen molar-refractivity contribution in [2.75, 3.05) is 11.4 Å². The molecular formula is C33H54IN. The highest BCUT2D eigenvalue weighted by Gasteiger charge is 2.42. The molecule has 0 saturated heterocycles. The smallest absolute Gasteiger partial charge is 0.0487 e. The van der Waals surface area contributed by atoms with E-state index in [2.05, 4.69) is 69.0 Å². The lowest BCUT2D eigenvalue weighted by Crippen LogP contribution is -2.39. The molecular weight excluding hydrogens is 537 g/mol. The fourth-order valence-electron chi connectivity index (χ4n) is 6.03. The topological polar surface area (TPSA) is 3.24 Å². The second-order valence-corrected chi connectivity index (χ2v) is 11.6. The monoisotopic (exact) mass is 591 g/mol. The summed E-state index contributed by atoms with van der Waals surface area (Å²) in [6.07, 6.45) is 22.9. The molecule has 0 aliphatic carbocycles. The van der Waals surface area contributed by atoms with E-state index in [1.807, 2.05) is 0 Å². The van der Waals surface area contributed by atoms with Crippen molar-refractivity contribution in [1.29, 1.82) is 0 Å². The normalized spacial score (nSPS) is 16.5. The summed E-state index contributed by atoms with van der Waals surface area (Å²) in [6.45, 7) is 10.8. The Morgan fingerprint density at radius 1 is 0.657 bits per heavy atom. The van der Waals surface area contributed by atoms with Crippen LogP contribution in [0.25, 0.3) is 10.8 Å². The van der Waals surface area contributed by atoms with Crippen LogP contribution < -0.4 is 4.90 Å². The molecule has 0 N–H and O–H groups in total. The first kappa shape index (κ1) is 30.5. The van der Waals surface area contributed by atoms with Crippen LogP contribution in [0.15, 0.2) is 36.4 Å². The average Bonchev–Trinajstić information content (AvgIpc) is 3.04. The predicted molar refractivity (Wildman–Crippen MR) is 169 cm³/mol. The van der Waals surface area contributed by atoms with Gasteiger partial charge in [-0.3, -0.25) is 0 Å². The first-order valence-corrected chi connectivity index (χ1v) is 14.9. The number of anilines is 1. The molecule has 0 bridgehead atoms. The van der Waals surface area contributed by atoms with Crippen LogP contribution in [-0.4, -0.2) is 12.6 Å². The van der Waals surface area contributed by atoms with Crippen LogP contribution in [0.4, 0.5) is 5.69 Å². The zero-order chi connectivity index (χ0) is 24.2. The van der Waals surface area contributed by atoms with Crippen LogP contribution in [0.2, 0.25) is 0 Å². The van der Waals surface area contributed by atoms with Crippen molar-refractivity contribution in [3.8, 4) is 0 Å². The molecule has 0 spiro atoms. The van der Waals surface area contributed by atoms with Gasteiger partial charge in [-0.2, -0.15) is 0 Å². The number of fused-ring (bicyclic) bond motifs is 3. The van der Waals surface area contributed by atoms with Crippen LogP contribution in [0.3, 0.4) is 0 Å². The SMILES string of the molecule is CCCCCCCCCCCCCCCCCCN1c2c(ccc3ccccc23)C(C)(C)C1C.I. The number of halogens is 1. The molecule has 2 heteroatoms. The molecule has 1 aliphatic heterocycles. The zero-order valence-corrected chi connectivity index (χ0v) is 25.7. The Kier molecular flexibility index (Phi) is 14.1. The summed E-state index contributed by atoms with van der Waals surface area (Å²) in [5, 5.41) is 2.82. The lowest BCUT2D eigenvalue weighted by atomic mass is 9.81. The molecule has 1 atom stereocenters. The molecule has 0 saturated carbocycles. The Bertz CT molecular complexity index is 842. The molecule has 2 aromatic rings. The minimum Gasteiger partial charge on any atom is -0.367 e. The van der Waals surface area contributed by atoms with Crippen molar-refractivity contribution in [3.63, 3.8) is 0 Å². The van der Waals surface area contributed by atoms with E-state index in [4.69, 9.17) is 0 Å². The number of hydrogen-bond donors (Lipinski definition) is 0. The van der Waals surface area contributed by atoms with Gasteiger partial charge in [-0.05, 0) is 24.3 Å². The van der Waals surface area contributed by atoms with Crippen LogP contribution in [0, 0.1) is 0 Å². The van der Waals surface area contributed by atoms with Crippen LogP contribution >= 0.6 is 24.0 Å². The molecule has 0 fully saturated rings. The van der Waals surface area contributed by atoms with E-state index in [9.17, 15) is 0 Å². The van der Waals surface area contributed by atoms with E-state index in [-0.39, 0.29) is 29.4 Å². The van der Waals surface area contributed by atoms with Gasteiger partial charge in [0.25, 0.3) is 0 Å². The molecule has 0 aromatic heterocycles.